The molecule has 0 saturated carbocycles. The molecule has 1 unspecified atom stereocenters. The number of benzene rings is 1. The van der Waals surface area contributed by atoms with E-state index in [1.807, 2.05) is 28.8 Å². The molecular formula is C13H19N3O. The van der Waals surface area contributed by atoms with Gasteiger partial charge in [0.2, 0.25) is 0 Å². The fourth-order valence-corrected chi connectivity index (χ4v) is 1.82. The number of hydrogen-bond acceptors (Lipinski definition) is 3. The number of aromatic nitrogens is 2. The van der Waals surface area contributed by atoms with E-state index < -0.39 is 6.10 Å². The van der Waals surface area contributed by atoms with E-state index in [2.05, 4.69) is 24.1 Å². The average Bonchev–Trinajstić information content (AvgIpc) is 2.70. The molecule has 4 nitrogen and oxygen atoms in total. The van der Waals surface area contributed by atoms with Gasteiger partial charge in [0.1, 0.15) is 0 Å². The zero-order chi connectivity index (χ0) is 12.3. The van der Waals surface area contributed by atoms with Crippen LogP contribution in [0, 0.1) is 0 Å². The fourth-order valence-electron chi connectivity index (χ4n) is 1.82. The van der Waals surface area contributed by atoms with Gasteiger partial charge in [0, 0.05) is 12.6 Å². The second-order valence-electron chi connectivity index (χ2n) is 4.60. The summed E-state index contributed by atoms with van der Waals surface area (Å²) in [5.74, 6) is 0. The molecule has 4 heteroatoms. The van der Waals surface area contributed by atoms with Crippen molar-refractivity contribution < 1.29 is 5.11 Å². The Morgan fingerprint density at radius 2 is 2.12 bits per heavy atom. The number of rotatable bonds is 5. The summed E-state index contributed by atoms with van der Waals surface area (Å²) >= 11 is 0. The Morgan fingerprint density at radius 1 is 1.35 bits per heavy atom. The van der Waals surface area contributed by atoms with Crippen LogP contribution in [0.1, 0.15) is 13.8 Å². The first-order valence-corrected chi connectivity index (χ1v) is 5.98. The number of nitrogens with zero attached hydrogens (tertiary/aromatic N) is 2. The van der Waals surface area contributed by atoms with Crippen LogP contribution in [0.3, 0.4) is 0 Å². The molecule has 1 heterocycles. The molecule has 1 aromatic carbocycles. The van der Waals surface area contributed by atoms with Gasteiger partial charge in [-0.05, 0) is 12.1 Å². The number of nitrogens with one attached hydrogen (secondary N) is 1. The molecule has 0 spiro atoms. The van der Waals surface area contributed by atoms with E-state index in [9.17, 15) is 5.11 Å². The van der Waals surface area contributed by atoms with Gasteiger partial charge in [0.25, 0.3) is 0 Å². The van der Waals surface area contributed by atoms with Crippen LogP contribution in [-0.2, 0) is 6.54 Å². The van der Waals surface area contributed by atoms with E-state index in [1.165, 1.54) is 0 Å². The number of para-hydroxylation sites is 2. The lowest BCUT2D eigenvalue weighted by Crippen LogP contribution is -2.34. The molecule has 0 saturated heterocycles. The van der Waals surface area contributed by atoms with Gasteiger partial charge in [0.15, 0.2) is 0 Å². The van der Waals surface area contributed by atoms with Crippen LogP contribution in [0.5, 0.6) is 0 Å². The summed E-state index contributed by atoms with van der Waals surface area (Å²) in [6.07, 6.45) is 1.39. The molecule has 0 aliphatic rings. The zero-order valence-electron chi connectivity index (χ0n) is 10.3. The van der Waals surface area contributed by atoms with E-state index in [0.29, 0.717) is 19.1 Å². The van der Waals surface area contributed by atoms with Gasteiger partial charge >= 0.3 is 0 Å². The number of fused-ring (bicyclic) bond motifs is 1. The molecular weight excluding hydrogens is 214 g/mol. The molecule has 2 rings (SSSR count). The van der Waals surface area contributed by atoms with Crippen LogP contribution >= 0.6 is 0 Å². The molecule has 17 heavy (non-hydrogen) atoms. The van der Waals surface area contributed by atoms with Crippen molar-refractivity contribution in [2.75, 3.05) is 6.54 Å². The van der Waals surface area contributed by atoms with Crippen LogP contribution in [0.25, 0.3) is 11.0 Å². The Hall–Kier alpha value is -1.39. The molecule has 2 N–H and O–H groups in total. The summed E-state index contributed by atoms with van der Waals surface area (Å²) in [6.45, 7) is 5.31. The Morgan fingerprint density at radius 3 is 2.88 bits per heavy atom. The maximum atomic E-state index is 9.92. The molecule has 0 amide bonds. The fraction of sp³-hybridized carbons (Fsp3) is 0.462. The monoisotopic (exact) mass is 233 g/mol. The summed E-state index contributed by atoms with van der Waals surface area (Å²) < 4.78 is 1.99. The number of imidazole rings is 1. The van der Waals surface area contributed by atoms with E-state index in [1.54, 1.807) is 6.33 Å². The molecule has 0 fully saturated rings. The summed E-state index contributed by atoms with van der Waals surface area (Å²) in [5.41, 5.74) is 2.03. The van der Waals surface area contributed by atoms with Gasteiger partial charge in [0.05, 0.1) is 30.0 Å². The summed E-state index contributed by atoms with van der Waals surface area (Å²) in [6, 6.07) is 8.34. The minimum atomic E-state index is -0.394. The standard InChI is InChI=1S/C13H19N3O/c1-10(2)14-7-11(17)8-16-9-15-12-5-3-4-6-13(12)16/h3-6,9-11,14,17H,7-8H2,1-2H3. The summed E-state index contributed by atoms with van der Waals surface area (Å²) in [4.78, 5) is 4.30. The van der Waals surface area contributed by atoms with E-state index in [-0.39, 0.29) is 0 Å². The first-order chi connectivity index (χ1) is 8.16. The van der Waals surface area contributed by atoms with E-state index >= 15 is 0 Å². The quantitative estimate of drug-likeness (QED) is 0.820. The Kier molecular flexibility index (Phi) is 3.76. The van der Waals surface area contributed by atoms with Crippen molar-refractivity contribution in [3.63, 3.8) is 0 Å². The van der Waals surface area contributed by atoms with Crippen molar-refractivity contribution in [1.29, 1.82) is 0 Å². The lowest BCUT2D eigenvalue weighted by molar-refractivity contribution is 0.150. The third kappa shape index (κ3) is 3.05. The minimum absolute atomic E-state index is 0.393. The maximum Gasteiger partial charge on any atom is 0.0959 e. The maximum absolute atomic E-state index is 9.92. The summed E-state index contributed by atoms with van der Waals surface area (Å²) in [5, 5.41) is 13.1. The lowest BCUT2D eigenvalue weighted by Gasteiger charge is -2.14. The van der Waals surface area contributed by atoms with Crippen molar-refractivity contribution in [2.24, 2.45) is 0 Å². The van der Waals surface area contributed by atoms with Crippen LogP contribution in [0.4, 0.5) is 0 Å². The SMILES string of the molecule is CC(C)NCC(O)Cn1cnc2ccccc21. The predicted octanol–water partition coefficient (Wildman–Crippen LogP) is 1.40. The van der Waals surface area contributed by atoms with Crippen LogP contribution in [0.15, 0.2) is 30.6 Å². The highest BCUT2D eigenvalue weighted by molar-refractivity contribution is 5.74. The Bertz CT molecular complexity index is 478. The van der Waals surface area contributed by atoms with Crippen molar-refractivity contribution in [2.45, 2.75) is 32.5 Å². The largest absolute Gasteiger partial charge is 0.390 e. The van der Waals surface area contributed by atoms with Crippen molar-refractivity contribution >= 4 is 11.0 Å². The van der Waals surface area contributed by atoms with Gasteiger partial charge in [-0.2, -0.15) is 0 Å². The second kappa shape index (κ2) is 5.29. The first kappa shape index (κ1) is 12.1. The predicted molar refractivity (Wildman–Crippen MR) is 68.9 cm³/mol. The zero-order valence-corrected chi connectivity index (χ0v) is 10.3. The average molecular weight is 233 g/mol. The van der Waals surface area contributed by atoms with Gasteiger partial charge in [-0.25, -0.2) is 4.98 Å². The molecule has 92 valence electrons. The molecule has 0 bridgehead atoms. The van der Waals surface area contributed by atoms with E-state index in [4.69, 9.17) is 0 Å². The molecule has 1 atom stereocenters. The minimum Gasteiger partial charge on any atom is -0.390 e. The molecule has 0 radical (unpaired) electrons. The number of aliphatic hydroxyl groups is 1. The Labute approximate surface area is 101 Å². The highest BCUT2D eigenvalue weighted by Crippen LogP contribution is 2.11. The molecule has 0 aliphatic carbocycles. The van der Waals surface area contributed by atoms with Crippen LogP contribution in [0.2, 0.25) is 0 Å². The van der Waals surface area contributed by atoms with Gasteiger partial charge in [-0.1, -0.05) is 26.0 Å². The number of hydrogen-bond donors (Lipinski definition) is 2. The third-order valence-corrected chi connectivity index (χ3v) is 2.70. The normalized spacial score (nSPS) is 13.4. The topological polar surface area (TPSA) is 50.1 Å². The highest BCUT2D eigenvalue weighted by atomic mass is 16.3. The van der Waals surface area contributed by atoms with Gasteiger partial charge in [-0.15, -0.1) is 0 Å². The van der Waals surface area contributed by atoms with Gasteiger partial charge < -0.3 is 15.0 Å². The smallest absolute Gasteiger partial charge is 0.0959 e. The third-order valence-electron chi connectivity index (χ3n) is 2.70. The number of aliphatic hydroxyl groups excluding tert-OH is 1. The summed E-state index contributed by atoms with van der Waals surface area (Å²) in [7, 11) is 0. The Balaban J connectivity index is 2.03. The first-order valence-electron chi connectivity index (χ1n) is 5.98. The van der Waals surface area contributed by atoms with Crippen LogP contribution < -0.4 is 5.32 Å². The van der Waals surface area contributed by atoms with E-state index in [0.717, 1.165) is 11.0 Å². The van der Waals surface area contributed by atoms with Crippen LogP contribution in [-0.4, -0.2) is 33.3 Å². The van der Waals surface area contributed by atoms with Crippen molar-refractivity contribution in [1.82, 2.24) is 14.9 Å². The van der Waals surface area contributed by atoms with Gasteiger partial charge in [-0.3, -0.25) is 0 Å². The van der Waals surface area contributed by atoms with Crippen molar-refractivity contribution in [3.8, 4) is 0 Å². The highest BCUT2D eigenvalue weighted by Gasteiger charge is 2.08. The lowest BCUT2D eigenvalue weighted by atomic mass is 10.3. The molecule has 0 aliphatic heterocycles. The molecule has 1 aromatic heterocycles. The second-order valence-corrected chi connectivity index (χ2v) is 4.60. The van der Waals surface area contributed by atoms with Crippen molar-refractivity contribution in [3.05, 3.63) is 30.6 Å². The molecule has 2 aromatic rings.